The van der Waals surface area contributed by atoms with E-state index in [1.165, 1.54) is 4.88 Å². The van der Waals surface area contributed by atoms with Gasteiger partial charge in [-0.25, -0.2) is 0 Å². The van der Waals surface area contributed by atoms with Gasteiger partial charge in [-0.3, -0.25) is 9.59 Å². The van der Waals surface area contributed by atoms with Crippen LogP contribution in [-0.4, -0.2) is 29.7 Å². The Kier molecular flexibility index (Phi) is 4.33. The summed E-state index contributed by atoms with van der Waals surface area (Å²) in [6.45, 7) is 9.49. The van der Waals surface area contributed by atoms with Crippen molar-refractivity contribution in [2.24, 2.45) is 11.3 Å². The molecule has 0 N–H and O–H groups in total. The minimum absolute atomic E-state index is 0.0672. The Morgan fingerprint density at radius 2 is 2.10 bits per heavy atom. The van der Waals surface area contributed by atoms with Gasteiger partial charge in [0.15, 0.2) is 5.78 Å². The van der Waals surface area contributed by atoms with Gasteiger partial charge < -0.3 is 4.90 Å². The van der Waals surface area contributed by atoms with Crippen LogP contribution in [-0.2, 0) is 11.2 Å². The Bertz CT molecular complexity index is 513. The van der Waals surface area contributed by atoms with Crippen molar-refractivity contribution in [1.82, 2.24) is 4.90 Å². The Morgan fingerprint density at radius 1 is 1.40 bits per heavy atom. The van der Waals surface area contributed by atoms with Crippen molar-refractivity contribution >= 4 is 23.0 Å². The summed E-state index contributed by atoms with van der Waals surface area (Å²) in [5.41, 5.74) is 0.117. The number of hydrogen-bond acceptors (Lipinski definition) is 3. The third kappa shape index (κ3) is 3.29. The first-order valence-electron chi connectivity index (χ1n) is 7.21. The Hall–Kier alpha value is -1.16. The first-order chi connectivity index (χ1) is 9.31. The van der Waals surface area contributed by atoms with Gasteiger partial charge in [-0.05, 0) is 29.9 Å². The van der Waals surface area contributed by atoms with Gasteiger partial charge in [0.1, 0.15) is 0 Å². The lowest BCUT2D eigenvalue weighted by molar-refractivity contribution is -0.127. The van der Waals surface area contributed by atoms with E-state index in [-0.39, 0.29) is 23.7 Å². The SMILES string of the molecule is CCc1ccc(C(=O)CN2CC(C(C)(C)C)CC2=O)s1. The van der Waals surface area contributed by atoms with Crippen LogP contribution in [0.15, 0.2) is 12.1 Å². The molecule has 0 aliphatic carbocycles. The van der Waals surface area contributed by atoms with Crippen molar-refractivity contribution in [3.8, 4) is 0 Å². The normalized spacial score (nSPS) is 19.7. The number of nitrogens with zero attached hydrogens (tertiary/aromatic N) is 1. The van der Waals surface area contributed by atoms with E-state index in [9.17, 15) is 9.59 Å². The number of aryl methyl sites for hydroxylation is 1. The zero-order valence-electron chi connectivity index (χ0n) is 12.7. The van der Waals surface area contributed by atoms with Crippen LogP contribution in [0.4, 0.5) is 0 Å². The fourth-order valence-corrected chi connectivity index (χ4v) is 3.35. The minimum atomic E-state index is 0.0672. The molecule has 4 heteroatoms. The molecule has 0 bridgehead atoms. The molecule has 1 aliphatic heterocycles. The number of rotatable bonds is 4. The summed E-state index contributed by atoms with van der Waals surface area (Å²) in [7, 11) is 0. The lowest BCUT2D eigenvalue weighted by atomic mass is 9.80. The van der Waals surface area contributed by atoms with Crippen molar-refractivity contribution in [1.29, 1.82) is 0 Å². The van der Waals surface area contributed by atoms with Gasteiger partial charge in [0.2, 0.25) is 5.91 Å². The summed E-state index contributed by atoms with van der Waals surface area (Å²) >= 11 is 1.54. The highest BCUT2D eigenvalue weighted by Gasteiger charge is 2.37. The number of carbonyl (C=O) groups excluding carboxylic acids is 2. The summed E-state index contributed by atoms with van der Waals surface area (Å²) in [5.74, 6) is 0.528. The summed E-state index contributed by atoms with van der Waals surface area (Å²) in [5, 5.41) is 0. The van der Waals surface area contributed by atoms with E-state index < -0.39 is 0 Å². The molecule has 1 amide bonds. The van der Waals surface area contributed by atoms with Crippen LogP contribution >= 0.6 is 11.3 Å². The zero-order chi connectivity index (χ0) is 14.9. The van der Waals surface area contributed by atoms with Gasteiger partial charge >= 0.3 is 0 Å². The number of carbonyl (C=O) groups is 2. The van der Waals surface area contributed by atoms with Crippen molar-refractivity contribution in [3.05, 3.63) is 21.9 Å². The van der Waals surface area contributed by atoms with E-state index >= 15 is 0 Å². The molecule has 0 saturated carbocycles. The number of Topliss-reactive ketones (excluding diaryl/α,β-unsaturated/α-hetero) is 1. The maximum atomic E-state index is 12.2. The van der Waals surface area contributed by atoms with Crippen molar-refractivity contribution in [3.63, 3.8) is 0 Å². The summed E-state index contributed by atoms with van der Waals surface area (Å²) in [4.78, 5) is 28.0. The molecule has 0 spiro atoms. The highest BCUT2D eigenvalue weighted by atomic mass is 32.1. The second kappa shape index (κ2) is 5.68. The molecule has 110 valence electrons. The van der Waals surface area contributed by atoms with Crippen LogP contribution in [0.5, 0.6) is 0 Å². The minimum Gasteiger partial charge on any atom is -0.335 e. The first kappa shape index (κ1) is 15.2. The molecule has 0 radical (unpaired) electrons. The van der Waals surface area contributed by atoms with Crippen LogP contribution in [0.1, 0.15) is 48.7 Å². The quantitative estimate of drug-likeness (QED) is 0.798. The Morgan fingerprint density at radius 3 is 2.60 bits per heavy atom. The smallest absolute Gasteiger partial charge is 0.223 e. The predicted molar refractivity (Wildman–Crippen MR) is 82.2 cm³/mol. The molecular formula is C16H23NO2S. The zero-order valence-corrected chi connectivity index (χ0v) is 13.5. The lowest BCUT2D eigenvalue weighted by Crippen LogP contribution is -2.32. The lowest BCUT2D eigenvalue weighted by Gasteiger charge is -2.26. The molecule has 1 aromatic heterocycles. The monoisotopic (exact) mass is 293 g/mol. The largest absolute Gasteiger partial charge is 0.335 e. The van der Waals surface area contributed by atoms with Gasteiger partial charge in [-0.15, -0.1) is 11.3 Å². The number of amides is 1. The van der Waals surface area contributed by atoms with Crippen LogP contribution in [0.2, 0.25) is 0 Å². The average Bonchev–Trinajstić information content (AvgIpc) is 2.96. The molecule has 1 atom stereocenters. The molecule has 1 fully saturated rings. The highest BCUT2D eigenvalue weighted by molar-refractivity contribution is 7.14. The summed E-state index contributed by atoms with van der Waals surface area (Å²) < 4.78 is 0. The topological polar surface area (TPSA) is 37.4 Å². The molecule has 1 saturated heterocycles. The summed E-state index contributed by atoms with van der Waals surface area (Å²) in [6, 6.07) is 3.88. The molecular weight excluding hydrogens is 270 g/mol. The van der Waals surface area contributed by atoms with Gasteiger partial charge in [-0.2, -0.15) is 0 Å². The van der Waals surface area contributed by atoms with E-state index in [0.29, 0.717) is 18.9 Å². The molecule has 2 rings (SSSR count). The van der Waals surface area contributed by atoms with E-state index in [0.717, 1.165) is 11.3 Å². The molecule has 1 unspecified atom stereocenters. The van der Waals surface area contributed by atoms with E-state index in [2.05, 4.69) is 27.7 Å². The number of ketones is 1. The first-order valence-corrected chi connectivity index (χ1v) is 8.02. The van der Waals surface area contributed by atoms with E-state index in [1.54, 1.807) is 16.2 Å². The van der Waals surface area contributed by atoms with E-state index in [4.69, 9.17) is 0 Å². The van der Waals surface area contributed by atoms with Crippen LogP contribution in [0.3, 0.4) is 0 Å². The molecule has 1 aromatic rings. The van der Waals surface area contributed by atoms with E-state index in [1.807, 2.05) is 12.1 Å². The number of likely N-dealkylation sites (tertiary alicyclic amines) is 1. The standard InChI is InChI=1S/C16H23NO2S/c1-5-12-6-7-14(20-12)13(18)10-17-9-11(8-15(17)19)16(2,3)4/h6-7,11H,5,8-10H2,1-4H3. The molecule has 2 heterocycles. The third-order valence-corrected chi connectivity index (χ3v) is 5.33. The van der Waals surface area contributed by atoms with Crippen LogP contribution in [0, 0.1) is 11.3 Å². The van der Waals surface area contributed by atoms with Crippen molar-refractivity contribution < 1.29 is 9.59 Å². The van der Waals surface area contributed by atoms with Gasteiger partial charge in [-0.1, -0.05) is 27.7 Å². The average molecular weight is 293 g/mol. The molecule has 3 nitrogen and oxygen atoms in total. The van der Waals surface area contributed by atoms with Gasteiger partial charge in [0.05, 0.1) is 11.4 Å². The number of hydrogen-bond donors (Lipinski definition) is 0. The Labute approximate surface area is 125 Å². The molecule has 1 aliphatic rings. The summed E-state index contributed by atoms with van der Waals surface area (Å²) in [6.07, 6.45) is 1.52. The second-order valence-corrected chi connectivity index (χ2v) is 7.75. The Balaban J connectivity index is 2.00. The van der Waals surface area contributed by atoms with Crippen molar-refractivity contribution in [2.75, 3.05) is 13.1 Å². The fourth-order valence-electron chi connectivity index (χ4n) is 2.47. The number of thiophene rings is 1. The maximum absolute atomic E-state index is 12.2. The highest BCUT2D eigenvalue weighted by Crippen LogP contribution is 2.34. The molecule has 0 aromatic carbocycles. The van der Waals surface area contributed by atoms with Gasteiger partial charge in [0.25, 0.3) is 0 Å². The van der Waals surface area contributed by atoms with Gasteiger partial charge in [0, 0.05) is 17.8 Å². The third-order valence-electron chi connectivity index (χ3n) is 4.06. The second-order valence-electron chi connectivity index (χ2n) is 6.58. The van der Waals surface area contributed by atoms with Crippen LogP contribution in [0.25, 0.3) is 0 Å². The van der Waals surface area contributed by atoms with Crippen LogP contribution < -0.4 is 0 Å². The maximum Gasteiger partial charge on any atom is 0.223 e. The molecule has 20 heavy (non-hydrogen) atoms. The van der Waals surface area contributed by atoms with Crippen molar-refractivity contribution in [2.45, 2.75) is 40.5 Å². The fraction of sp³-hybridized carbons (Fsp3) is 0.625. The predicted octanol–water partition coefficient (Wildman–Crippen LogP) is 3.39.